The summed E-state index contributed by atoms with van der Waals surface area (Å²) in [4.78, 5) is 12.2. The molecule has 1 aliphatic rings. The van der Waals surface area contributed by atoms with Crippen molar-refractivity contribution in [3.63, 3.8) is 0 Å². The molecule has 144 valence electrons. The molecule has 0 fully saturated rings. The van der Waals surface area contributed by atoms with Gasteiger partial charge in [-0.15, -0.1) is 10.2 Å². The van der Waals surface area contributed by atoms with Gasteiger partial charge in [-0.3, -0.25) is 5.32 Å². The molecule has 0 bridgehead atoms. The number of carbonyl (C=O) groups is 1. The number of carbonyl (C=O) groups excluding carboxylic acids is 1. The lowest BCUT2D eigenvalue weighted by atomic mass is 9.85. The maximum Gasteiger partial charge on any atom is 0.321 e. The van der Waals surface area contributed by atoms with Gasteiger partial charge in [-0.2, -0.15) is 0 Å². The van der Waals surface area contributed by atoms with E-state index in [1.807, 2.05) is 36.4 Å². The predicted molar refractivity (Wildman–Crippen MR) is 107 cm³/mol. The fourth-order valence-electron chi connectivity index (χ4n) is 2.88. The van der Waals surface area contributed by atoms with Crippen molar-refractivity contribution < 1.29 is 14.3 Å². The third kappa shape index (κ3) is 3.77. The fraction of sp³-hybridized carbons (Fsp3) is 0.250. The summed E-state index contributed by atoms with van der Waals surface area (Å²) in [6, 6.07) is 15.4. The molecular weight excluding hydrogens is 376 g/mol. The summed E-state index contributed by atoms with van der Waals surface area (Å²) >= 11 is 1.37. The van der Waals surface area contributed by atoms with Gasteiger partial charge in [0.1, 0.15) is 5.01 Å². The van der Waals surface area contributed by atoms with Crippen LogP contribution in [0.3, 0.4) is 0 Å². The molecule has 2 amide bonds. The SMILES string of the molecule is CC(C)(c1ccccc1)c1nnc(NC(=O)NCc2ccc3c(c2)OCO3)s1. The molecule has 8 heteroatoms. The Balaban J connectivity index is 1.36. The van der Waals surface area contributed by atoms with Crippen LogP contribution in [-0.2, 0) is 12.0 Å². The van der Waals surface area contributed by atoms with E-state index in [-0.39, 0.29) is 18.2 Å². The van der Waals surface area contributed by atoms with Gasteiger partial charge >= 0.3 is 6.03 Å². The van der Waals surface area contributed by atoms with Crippen LogP contribution in [0.25, 0.3) is 0 Å². The molecule has 0 unspecified atom stereocenters. The molecule has 2 aromatic carbocycles. The highest BCUT2D eigenvalue weighted by Gasteiger charge is 2.27. The normalized spacial score (nSPS) is 12.6. The lowest BCUT2D eigenvalue weighted by molar-refractivity contribution is 0.174. The van der Waals surface area contributed by atoms with Gasteiger partial charge in [-0.1, -0.05) is 47.7 Å². The molecule has 0 spiro atoms. The summed E-state index contributed by atoms with van der Waals surface area (Å²) in [5.41, 5.74) is 1.77. The number of rotatable bonds is 5. The van der Waals surface area contributed by atoms with Crippen LogP contribution >= 0.6 is 11.3 Å². The summed E-state index contributed by atoms with van der Waals surface area (Å²) in [5.74, 6) is 1.41. The van der Waals surface area contributed by atoms with Crippen molar-refractivity contribution in [3.05, 3.63) is 64.7 Å². The summed E-state index contributed by atoms with van der Waals surface area (Å²) in [6.07, 6.45) is 0. The Kier molecular flexibility index (Phi) is 4.87. The van der Waals surface area contributed by atoms with Crippen LogP contribution in [0.4, 0.5) is 9.93 Å². The van der Waals surface area contributed by atoms with Crippen LogP contribution in [0.5, 0.6) is 11.5 Å². The quantitative estimate of drug-likeness (QED) is 0.683. The number of hydrogen-bond donors (Lipinski definition) is 2. The second-order valence-corrected chi connectivity index (χ2v) is 7.88. The number of amides is 2. The van der Waals surface area contributed by atoms with E-state index in [1.54, 1.807) is 0 Å². The first kappa shape index (κ1) is 18.2. The maximum absolute atomic E-state index is 12.2. The van der Waals surface area contributed by atoms with E-state index >= 15 is 0 Å². The maximum atomic E-state index is 12.2. The lowest BCUT2D eigenvalue weighted by Crippen LogP contribution is -2.28. The number of aromatic nitrogens is 2. The second kappa shape index (κ2) is 7.47. The molecule has 0 atom stereocenters. The van der Waals surface area contributed by atoms with Crippen LogP contribution in [0.2, 0.25) is 0 Å². The topological polar surface area (TPSA) is 85.4 Å². The lowest BCUT2D eigenvalue weighted by Gasteiger charge is -2.21. The average molecular weight is 396 g/mol. The van der Waals surface area contributed by atoms with Crippen molar-refractivity contribution in [3.8, 4) is 11.5 Å². The standard InChI is InChI=1S/C20H20N4O3S/c1-20(2,14-6-4-3-5-7-14)17-23-24-19(28-17)22-18(25)21-11-13-8-9-15-16(10-13)27-12-26-15/h3-10H,11-12H2,1-2H3,(H2,21,22,24,25). The average Bonchev–Trinajstić information content (AvgIpc) is 3.36. The van der Waals surface area contributed by atoms with Crippen LogP contribution < -0.4 is 20.1 Å². The largest absolute Gasteiger partial charge is 0.454 e. The molecule has 1 aliphatic heterocycles. The highest BCUT2D eigenvalue weighted by Crippen LogP contribution is 2.34. The molecule has 2 heterocycles. The van der Waals surface area contributed by atoms with Crippen molar-refractivity contribution >= 4 is 22.5 Å². The van der Waals surface area contributed by atoms with Crippen molar-refractivity contribution in [2.24, 2.45) is 0 Å². The van der Waals surface area contributed by atoms with Gasteiger partial charge in [0, 0.05) is 12.0 Å². The van der Waals surface area contributed by atoms with E-state index in [0.717, 1.165) is 21.9 Å². The van der Waals surface area contributed by atoms with E-state index < -0.39 is 0 Å². The molecule has 7 nitrogen and oxygen atoms in total. The number of anilines is 1. The Morgan fingerprint density at radius 2 is 1.89 bits per heavy atom. The number of nitrogens with one attached hydrogen (secondary N) is 2. The van der Waals surface area contributed by atoms with Crippen LogP contribution in [0, 0.1) is 0 Å². The zero-order valence-corrected chi connectivity index (χ0v) is 16.4. The molecule has 0 radical (unpaired) electrons. The molecule has 1 aromatic heterocycles. The van der Waals surface area contributed by atoms with E-state index in [4.69, 9.17) is 9.47 Å². The van der Waals surface area contributed by atoms with Crippen molar-refractivity contribution in [1.82, 2.24) is 15.5 Å². The highest BCUT2D eigenvalue weighted by molar-refractivity contribution is 7.15. The highest BCUT2D eigenvalue weighted by atomic mass is 32.1. The number of nitrogens with zero attached hydrogens (tertiary/aromatic N) is 2. The molecule has 2 N–H and O–H groups in total. The van der Waals surface area contributed by atoms with Crippen molar-refractivity contribution in [2.75, 3.05) is 12.1 Å². The van der Waals surface area contributed by atoms with E-state index in [1.165, 1.54) is 11.3 Å². The third-order valence-corrected chi connectivity index (χ3v) is 5.73. The van der Waals surface area contributed by atoms with Gasteiger partial charge < -0.3 is 14.8 Å². The summed E-state index contributed by atoms with van der Waals surface area (Å²) in [6.45, 7) is 4.77. The molecule has 4 rings (SSSR count). The van der Waals surface area contributed by atoms with E-state index in [0.29, 0.717) is 17.4 Å². The Hall–Kier alpha value is -3.13. The zero-order valence-electron chi connectivity index (χ0n) is 15.6. The van der Waals surface area contributed by atoms with Gasteiger partial charge in [0.25, 0.3) is 0 Å². The first-order chi connectivity index (χ1) is 13.5. The van der Waals surface area contributed by atoms with Crippen LogP contribution in [0.15, 0.2) is 48.5 Å². The summed E-state index contributed by atoms with van der Waals surface area (Å²) < 4.78 is 10.6. The monoisotopic (exact) mass is 396 g/mol. The van der Waals surface area contributed by atoms with E-state index in [2.05, 4.69) is 46.8 Å². The second-order valence-electron chi connectivity index (χ2n) is 6.90. The third-order valence-electron chi connectivity index (χ3n) is 4.57. The number of fused-ring (bicyclic) bond motifs is 1. The smallest absolute Gasteiger partial charge is 0.321 e. The molecule has 28 heavy (non-hydrogen) atoms. The Bertz CT molecular complexity index is 988. The molecule has 0 saturated carbocycles. The molecule has 3 aromatic rings. The Morgan fingerprint density at radius 1 is 1.11 bits per heavy atom. The van der Waals surface area contributed by atoms with Crippen molar-refractivity contribution in [1.29, 1.82) is 0 Å². The Morgan fingerprint density at radius 3 is 2.71 bits per heavy atom. The molecule has 0 aliphatic carbocycles. The van der Waals surface area contributed by atoms with E-state index in [9.17, 15) is 4.79 Å². The Labute approximate surface area is 166 Å². The molecular formula is C20H20N4O3S. The first-order valence-corrected chi connectivity index (χ1v) is 9.67. The van der Waals surface area contributed by atoms with Gasteiger partial charge in [0.15, 0.2) is 11.5 Å². The van der Waals surface area contributed by atoms with Gasteiger partial charge in [-0.25, -0.2) is 4.79 Å². The van der Waals surface area contributed by atoms with Gasteiger partial charge in [0.2, 0.25) is 11.9 Å². The number of benzene rings is 2. The van der Waals surface area contributed by atoms with Crippen molar-refractivity contribution in [2.45, 2.75) is 25.8 Å². The van der Waals surface area contributed by atoms with Crippen LogP contribution in [-0.4, -0.2) is 23.0 Å². The fourth-order valence-corrected chi connectivity index (χ4v) is 3.74. The minimum Gasteiger partial charge on any atom is -0.454 e. The predicted octanol–water partition coefficient (Wildman–Crippen LogP) is 3.91. The minimum absolute atomic E-state index is 0.228. The summed E-state index contributed by atoms with van der Waals surface area (Å²) in [5, 5.41) is 15.2. The minimum atomic E-state index is -0.335. The molecule has 0 saturated heterocycles. The van der Waals surface area contributed by atoms with Gasteiger partial charge in [0.05, 0.1) is 0 Å². The number of hydrogen-bond acceptors (Lipinski definition) is 6. The van der Waals surface area contributed by atoms with Gasteiger partial charge in [-0.05, 0) is 37.1 Å². The first-order valence-electron chi connectivity index (χ1n) is 8.85. The summed E-state index contributed by atoms with van der Waals surface area (Å²) in [7, 11) is 0. The van der Waals surface area contributed by atoms with Crippen LogP contribution in [0.1, 0.15) is 30.0 Å². The zero-order chi connectivity index (χ0) is 19.6. The number of urea groups is 1. The number of ether oxygens (including phenoxy) is 2.